The zero-order chi connectivity index (χ0) is 17.4. The SMILES string of the molecule is CC(c1nc(-c2cccnc2)no1)N1CCC(O)(C(F)(F)F)CC1. The number of aromatic nitrogens is 3. The molecule has 9 heteroatoms. The summed E-state index contributed by atoms with van der Waals surface area (Å²) in [6, 6.07) is 3.20. The monoisotopic (exact) mass is 342 g/mol. The van der Waals surface area contributed by atoms with Gasteiger partial charge in [-0.3, -0.25) is 9.88 Å². The predicted octanol–water partition coefficient (Wildman–Crippen LogP) is 2.58. The molecule has 2 aromatic rings. The van der Waals surface area contributed by atoms with E-state index in [4.69, 9.17) is 4.52 Å². The Hall–Kier alpha value is -2.00. The summed E-state index contributed by atoms with van der Waals surface area (Å²) < 4.78 is 43.8. The normalized spacial score (nSPS) is 20.0. The first-order chi connectivity index (χ1) is 11.3. The van der Waals surface area contributed by atoms with E-state index in [0.29, 0.717) is 17.3 Å². The first-order valence-electron chi connectivity index (χ1n) is 7.57. The summed E-state index contributed by atoms with van der Waals surface area (Å²) in [5.74, 6) is 0.708. The van der Waals surface area contributed by atoms with Gasteiger partial charge in [0.2, 0.25) is 11.7 Å². The zero-order valence-electron chi connectivity index (χ0n) is 13.0. The molecule has 1 N–H and O–H groups in total. The van der Waals surface area contributed by atoms with Crippen LogP contribution in [-0.2, 0) is 0 Å². The van der Waals surface area contributed by atoms with E-state index in [2.05, 4.69) is 15.1 Å². The molecule has 2 aromatic heterocycles. The van der Waals surface area contributed by atoms with Crippen LogP contribution in [0.3, 0.4) is 0 Å². The molecule has 0 spiro atoms. The molecule has 6 nitrogen and oxygen atoms in total. The van der Waals surface area contributed by atoms with Gasteiger partial charge in [-0.2, -0.15) is 18.2 Å². The van der Waals surface area contributed by atoms with Crippen molar-refractivity contribution in [3.05, 3.63) is 30.4 Å². The molecule has 0 amide bonds. The van der Waals surface area contributed by atoms with E-state index in [1.165, 1.54) is 0 Å². The number of aliphatic hydroxyl groups is 1. The molecule has 1 aliphatic rings. The third kappa shape index (κ3) is 3.13. The quantitative estimate of drug-likeness (QED) is 0.924. The molecule has 0 bridgehead atoms. The Morgan fingerprint density at radius 2 is 2.04 bits per heavy atom. The van der Waals surface area contributed by atoms with Gasteiger partial charge in [0.05, 0.1) is 6.04 Å². The Kier molecular flexibility index (Phi) is 4.31. The van der Waals surface area contributed by atoms with Gasteiger partial charge in [0.15, 0.2) is 5.60 Å². The molecular weight excluding hydrogens is 325 g/mol. The highest BCUT2D eigenvalue weighted by Crippen LogP contribution is 2.39. The summed E-state index contributed by atoms with van der Waals surface area (Å²) >= 11 is 0. The van der Waals surface area contributed by atoms with Crippen molar-refractivity contribution >= 4 is 0 Å². The molecule has 0 aromatic carbocycles. The van der Waals surface area contributed by atoms with Crippen molar-refractivity contribution in [2.75, 3.05) is 13.1 Å². The Morgan fingerprint density at radius 3 is 2.62 bits per heavy atom. The fourth-order valence-corrected chi connectivity index (χ4v) is 2.74. The topological polar surface area (TPSA) is 75.3 Å². The zero-order valence-corrected chi connectivity index (χ0v) is 13.0. The lowest BCUT2D eigenvalue weighted by Crippen LogP contribution is -2.53. The average Bonchev–Trinajstić information content (AvgIpc) is 3.05. The number of piperidine rings is 1. The van der Waals surface area contributed by atoms with Crippen LogP contribution in [0.2, 0.25) is 0 Å². The number of likely N-dealkylation sites (tertiary alicyclic amines) is 1. The molecule has 0 aliphatic carbocycles. The third-order valence-electron chi connectivity index (χ3n) is 4.42. The number of nitrogens with zero attached hydrogens (tertiary/aromatic N) is 4. The first-order valence-corrected chi connectivity index (χ1v) is 7.57. The Morgan fingerprint density at radius 1 is 1.33 bits per heavy atom. The van der Waals surface area contributed by atoms with Crippen LogP contribution in [-0.4, -0.2) is 50.0 Å². The van der Waals surface area contributed by atoms with E-state index in [1.54, 1.807) is 36.4 Å². The Bertz CT molecular complexity index is 682. The molecule has 1 aliphatic heterocycles. The van der Waals surface area contributed by atoms with Crippen LogP contribution in [0.1, 0.15) is 31.7 Å². The van der Waals surface area contributed by atoms with Gasteiger partial charge in [0.25, 0.3) is 0 Å². The van der Waals surface area contributed by atoms with Crippen molar-refractivity contribution in [3.8, 4) is 11.4 Å². The lowest BCUT2D eigenvalue weighted by atomic mass is 9.90. The van der Waals surface area contributed by atoms with Crippen molar-refractivity contribution < 1.29 is 22.8 Å². The van der Waals surface area contributed by atoms with E-state index in [0.717, 1.165) is 0 Å². The van der Waals surface area contributed by atoms with E-state index in [-0.39, 0.29) is 32.0 Å². The molecule has 130 valence electrons. The number of pyridine rings is 1. The van der Waals surface area contributed by atoms with Crippen molar-refractivity contribution in [1.82, 2.24) is 20.0 Å². The largest absolute Gasteiger partial charge is 0.417 e. The number of hydrogen-bond acceptors (Lipinski definition) is 6. The molecule has 3 rings (SSSR count). The lowest BCUT2D eigenvalue weighted by molar-refractivity contribution is -0.273. The highest BCUT2D eigenvalue weighted by Gasteiger charge is 2.54. The van der Waals surface area contributed by atoms with Gasteiger partial charge in [-0.15, -0.1) is 0 Å². The standard InChI is InChI=1S/C15H17F3N4O2/c1-10(22-7-4-14(23,5-8-22)15(16,17)18)13-20-12(21-24-13)11-3-2-6-19-9-11/h2-3,6,9-10,23H,4-5,7-8H2,1H3. The Labute approximate surface area is 136 Å². The van der Waals surface area contributed by atoms with Gasteiger partial charge >= 0.3 is 6.18 Å². The lowest BCUT2D eigenvalue weighted by Gasteiger charge is -2.40. The van der Waals surface area contributed by atoms with E-state index in [1.807, 2.05) is 0 Å². The van der Waals surface area contributed by atoms with Crippen molar-refractivity contribution in [2.24, 2.45) is 0 Å². The number of rotatable bonds is 3. The second kappa shape index (κ2) is 6.14. The highest BCUT2D eigenvalue weighted by molar-refractivity contribution is 5.51. The van der Waals surface area contributed by atoms with E-state index < -0.39 is 11.8 Å². The van der Waals surface area contributed by atoms with Crippen LogP contribution in [0.15, 0.2) is 29.0 Å². The molecule has 3 heterocycles. The maximum absolute atomic E-state index is 12.9. The summed E-state index contributed by atoms with van der Waals surface area (Å²) in [4.78, 5) is 10.1. The second-order valence-electron chi connectivity index (χ2n) is 5.94. The number of halogens is 3. The molecule has 1 unspecified atom stereocenters. The third-order valence-corrected chi connectivity index (χ3v) is 4.42. The molecule has 1 atom stereocenters. The summed E-state index contributed by atoms with van der Waals surface area (Å²) in [5.41, 5.74) is -1.91. The van der Waals surface area contributed by atoms with Gasteiger partial charge in [0.1, 0.15) is 0 Å². The van der Waals surface area contributed by atoms with Crippen LogP contribution in [0.4, 0.5) is 13.2 Å². The van der Waals surface area contributed by atoms with Crippen LogP contribution in [0, 0.1) is 0 Å². The van der Waals surface area contributed by atoms with Crippen LogP contribution in [0.25, 0.3) is 11.4 Å². The van der Waals surface area contributed by atoms with Crippen LogP contribution in [0.5, 0.6) is 0 Å². The minimum absolute atomic E-state index is 0.0990. The summed E-state index contributed by atoms with van der Waals surface area (Å²) in [6.45, 7) is 1.99. The summed E-state index contributed by atoms with van der Waals surface area (Å²) in [7, 11) is 0. The van der Waals surface area contributed by atoms with Gasteiger partial charge in [-0.1, -0.05) is 5.16 Å². The van der Waals surface area contributed by atoms with Crippen molar-refractivity contribution in [1.29, 1.82) is 0 Å². The first kappa shape index (κ1) is 16.8. The maximum Gasteiger partial charge on any atom is 0.417 e. The maximum atomic E-state index is 12.9. The molecular formula is C15H17F3N4O2. The second-order valence-corrected chi connectivity index (χ2v) is 5.94. The van der Waals surface area contributed by atoms with Gasteiger partial charge in [0, 0.05) is 31.0 Å². The fourth-order valence-electron chi connectivity index (χ4n) is 2.74. The number of hydrogen-bond donors (Lipinski definition) is 1. The molecule has 0 saturated carbocycles. The molecule has 0 radical (unpaired) electrons. The van der Waals surface area contributed by atoms with Crippen molar-refractivity contribution in [2.45, 2.75) is 37.6 Å². The minimum Gasteiger partial charge on any atom is -0.380 e. The van der Waals surface area contributed by atoms with E-state index in [9.17, 15) is 18.3 Å². The molecule has 24 heavy (non-hydrogen) atoms. The van der Waals surface area contributed by atoms with Crippen molar-refractivity contribution in [3.63, 3.8) is 0 Å². The summed E-state index contributed by atoms with van der Waals surface area (Å²) in [6.07, 6.45) is -2.12. The Balaban J connectivity index is 1.68. The van der Waals surface area contributed by atoms with Gasteiger partial charge in [-0.25, -0.2) is 0 Å². The van der Waals surface area contributed by atoms with E-state index >= 15 is 0 Å². The van der Waals surface area contributed by atoms with Crippen LogP contribution >= 0.6 is 0 Å². The fraction of sp³-hybridized carbons (Fsp3) is 0.533. The summed E-state index contributed by atoms with van der Waals surface area (Å²) in [5, 5.41) is 13.6. The smallest absolute Gasteiger partial charge is 0.380 e. The molecule has 1 fully saturated rings. The van der Waals surface area contributed by atoms with Gasteiger partial charge < -0.3 is 9.63 Å². The predicted molar refractivity (Wildman–Crippen MR) is 77.8 cm³/mol. The average molecular weight is 342 g/mol. The minimum atomic E-state index is -4.61. The van der Waals surface area contributed by atoms with Gasteiger partial charge in [-0.05, 0) is 31.9 Å². The number of alkyl halides is 3. The molecule has 1 saturated heterocycles. The highest BCUT2D eigenvalue weighted by atomic mass is 19.4. The van der Waals surface area contributed by atoms with Crippen LogP contribution < -0.4 is 0 Å².